The SMILES string of the molecule is CC(C)CCNC(=O)CCCC(CO[N+](=O)[O-])O[N+](=O)[O-]. The molecule has 0 aliphatic carbocycles. The first kappa shape index (κ1) is 18.9. The molecule has 0 rings (SSSR count). The van der Waals surface area contributed by atoms with Crippen LogP contribution in [0.4, 0.5) is 0 Å². The Hall–Kier alpha value is -2.13. The van der Waals surface area contributed by atoms with Gasteiger partial charge in [0.2, 0.25) is 5.91 Å². The quantitative estimate of drug-likeness (QED) is 0.421. The maximum atomic E-state index is 11.5. The largest absolute Gasteiger partial charge is 0.356 e. The molecule has 0 saturated carbocycles. The number of hydrogen-bond acceptors (Lipinski definition) is 7. The summed E-state index contributed by atoms with van der Waals surface area (Å²) in [6.45, 7) is 4.13. The molecule has 1 atom stereocenters. The molecule has 0 heterocycles. The summed E-state index contributed by atoms with van der Waals surface area (Å²) < 4.78 is 0. The number of nitrogens with zero attached hydrogens (tertiary/aromatic N) is 2. The molecule has 0 aromatic heterocycles. The highest BCUT2D eigenvalue weighted by Gasteiger charge is 2.16. The summed E-state index contributed by atoms with van der Waals surface area (Å²) in [7, 11) is 0. The lowest BCUT2D eigenvalue weighted by atomic mass is 10.1. The average molecular weight is 307 g/mol. The van der Waals surface area contributed by atoms with Crippen molar-refractivity contribution in [1.29, 1.82) is 0 Å². The van der Waals surface area contributed by atoms with Crippen molar-refractivity contribution < 1.29 is 24.6 Å². The number of carbonyl (C=O) groups excluding carboxylic acids is 1. The lowest BCUT2D eigenvalue weighted by Gasteiger charge is -2.13. The third kappa shape index (κ3) is 12.6. The van der Waals surface area contributed by atoms with E-state index in [0.29, 0.717) is 18.9 Å². The Morgan fingerprint density at radius 1 is 1.19 bits per heavy atom. The van der Waals surface area contributed by atoms with E-state index in [0.717, 1.165) is 6.42 Å². The Morgan fingerprint density at radius 2 is 1.86 bits per heavy atom. The van der Waals surface area contributed by atoms with Crippen molar-refractivity contribution in [1.82, 2.24) is 5.32 Å². The number of hydrogen-bond donors (Lipinski definition) is 1. The molecule has 0 aromatic rings. The molecule has 0 spiro atoms. The van der Waals surface area contributed by atoms with Crippen LogP contribution in [0.1, 0.15) is 39.5 Å². The van der Waals surface area contributed by atoms with Gasteiger partial charge in [-0.05, 0) is 25.2 Å². The first-order chi connectivity index (χ1) is 9.81. The summed E-state index contributed by atoms with van der Waals surface area (Å²) in [5, 5.41) is 20.9. The minimum absolute atomic E-state index is 0.117. The molecule has 1 N–H and O–H groups in total. The van der Waals surface area contributed by atoms with Crippen molar-refractivity contribution in [2.24, 2.45) is 5.92 Å². The molecule has 0 aliphatic heterocycles. The van der Waals surface area contributed by atoms with E-state index in [1.807, 2.05) is 13.8 Å². The highest BCUT2D eigenvalue weighted by atomic mass is 17.0. The smallest absolute Gasteiger partial charge is 0.294 e. The van der Waals surface area contributed by atoms with E-state index in [4.69, 9.17) is 0 Å². The van der Waals surface area contributed by atoms with Crippen LogP contribution >= 0.6 is 0 Å². The van der Waals surface area contributed by atoms with Gasteiger partial charge in [-0.3, -0.25) is 4.79 Å². The lowest BCUT2D eigenvalue weighted by Crippen LogP contribution is -2.27. The third-order valence-electron chi connectivity index (χ3n) is 2.57. The predicted molar refractivity (Wildman–Crippen MR) is 71.1 cm³/mol. The molecule has 10 heteroatoms. The van der Waals surface area contributed by atoms with E-state index in [1.165, 1.54) is 0 Å². The van der Waals surface area contributed by atoms with Gasteiger partial charge >= 0.3 is 0 Å². The first-order valence-corrected chi connectivity index (χ1v) is 6.66. The molecule has 0 aliphatic rings. The second-order valence-corrected chi connectivity index (χ2v) is 4.90. The van der Waals surface area contributed by atoms with E-state index in [1.54, 1.807) is 0 Å². The topological polar surface area (TPSA) is 134 Å². The minimum atomic E-state index is -1.06. The van der Waals surface area contributed by atoms with E-state index < -0.39 is 22.9 Å². The van der Waals surface area contributed by atoms with Crippen molar-refractivity contribution in [2.75, 3.05) is 13.2 Å². The maximum Gasteiger partial charge on any atom is 0.294 e. The summed E-state index contributed by atoms with van der Waals surface area (Å²) in [5.41, 5.74) is 0. The van der Waals surface area contributed by atoms with Crippen LogP contribution in [-0.2, 0) is 14.5 Å². The maximum absolute atomic E-state index is 11.5. The van der Waals surface area contributed by atoms with Crippen LogP contribution < -0.4 is 5.32 Å². The van der Waals surface area contributed by atoms with Crippen molar-refractivity contribution >= 4 is 5.91 Å². The fourth-order valence-electron chi connectivity index (χ4n) is 1.51. The van der Waals surface area contributed by atoms with Gasteiger partial charge in [-0.25, -0.2) is 0 Å². The van der Waals surface area contributed by atoms with Gasteiger partial charge in [0.1, 0.15) is 12.7 Å². The van der Waals surface area contributed by atoms with Gasteiger partial charge in [0.25, 0.3) is 10.2 Å². The molecule has 0 saturated heterocycles. The van der Waals surface area contributed by atoms with Gasteiger partial charge in [-0.1, -0.05) is 13.8 Å². The molecule has 0 bridgehead atoms. The van der Waals surface area contributed by atoms with Crippen molar-refractivity contribution in [3.05, 3.63) is 20.2 Å². The zero-order valence-electron chi connectivity index (χ0n) is 12.1. The van der Waals surface area contributed by atoms with Gasteiger partial charge in [-0.2, -0.15) is 0 Å². The van der Waals surface area contributed by atoms with E-state index in [2.05, 4.69) is 15.0 Å². The van der Waals surface area contributed by atoms with Crippen LogP contribution in [0.25, 0.3) is 0 Å². The monoisotopic (exact) mass is 307 g/mol. The summed E-state index contributed by atoms with van der Waals surface area (Å²) in [5.74, 6) is 0.327. The molecule has 1 unspecified atom stereocenters. The minimum Gasteiger partial charge on any atom is -0.356 e. The fraction of sp³-hybridized carbons (Fsp3) is 0.909. The molecule has 122 valence electrons. The normalized spacial score (nSPS) is 11.8. The molecule has 1 amide bonds. The van der Waals surface area contributed by atoms with Crippen molar-refractivity contribution in [2.45, 2.75) is 45.6 Å². The Balaban J connectivity index is 3.91. The zero-order valence-corrected chi connectivity index (χ0v) is 12.1. The molecule has 0 radical (unpaired) electrons. The van der Waals surface area contributed by atoms with E-state index in [-0.39, 0.29) is 18.7 Å². The van der Waals surface area contributed by atoms with Crippen LogP contribution in [0.15, 0.2) is 0 Å². The van der Waals surface area contributed by atoms with Crippen molar-refractivity contribution in [3.63, 3.8) is 0 Å². The lowest BCUT2D eigenvalue weighted by molar-refractivity contribution is -0.790. The Kier molecular flexibility index (Phi) is 9.55. The molecule has 10 nitrogen and oxygen atoms in total. The van der Waals surface area contributed by atoms with Gasteiger partial charge in [-0.15, -0.1) is 20.2 Å². The highest BCUT2D eigenvalue weighted by molar-refractivity contribution is 5.75. The summed E-state index contributed by atoms with van der Waals surface area (Å²) in [6, 6.07) is 0. The standard InChI is InChI=1S/C11H21N3O7/c1-9(2)6-7-12-11(15)5-3-4-10(21-14(18)19)8-20-13(16)17/h9-10H,3-8H2,1-2H3,(H,12,15). The third-order valence-corrected chi connectivity index (χ3v) is 2.57. The molecular formula is C11H21N3O7. The molecule has 21 heavy (non-hydrogen) atoms. The van der Waals surface area contributed by atoms with Gasteiger partial charge < -0.3 is 15.0 Å². The fourth-order valence-corrected chi connectivity index (χ4v) is 1.51. The van der Waals surface area contributed by atoms with Crippen LogP contribution in [0.3, 0.4) is 0 Å². The van der Waals surface area contributed by atoms with Gasteiger partial charge in [0, 0.05) is 13.0 Å². The van der Waals surface area contributed by atoms with E-state index >= 15 is 0 Å². The number of carbonyl (C=O) groups is 1. The van der Waals surface area contributed by atoms with Gasteiger partial charge in [0.05, 0.1) is 0 Å². The van der Waals surface area contributed by atoms with Gasteiger partial charge in [0.15, 0.2) is 0 Å². The van der Waals surface area contributed by atoms with Crippen LogP contribution in [0.2, 0.25) is 0 Å². The Labute approximate surface area is 122 Å². The summed E-state index contributed by atoms with van der Waals surface area (Å²) in [4.78, 5) is 40.0. The first-order valence-electron chi connectivity index (χ1n) is 6.66. The molecule has 0 fully saturated rings. The summed E-state index contributed by atoms with van der Waals surface area (Å²) in [6.07, 6.45) is 0.414. The van der Waals surface area contributed by atoms with E-state index in [9.17, 15) is 25.0 Å². The van der Waals surface area contributed by atoms with Crippen LogP contribution in [0, 0.1) is 26.1 Å². The predicted octanol–water partition coefficient (Wildman–Crippen LogP) is 1.10. The van der Waals surface area contributed by atoms with Crippen LogP contribution in [0.5, 0.6) is 0 Å². The second kappa shape index (κ2) is 10.6. The van der Waals surface area contributed by atoms with Crippen LogP contribution in [-0.4, -0.2) is 35.3 Å². The second-order valence-electron chi connectivity index (χ2n) is 4.90. The number of amides is 1. The Morgan fingerprint density at radius 3 is 2.38 bits per heavy atom. The number of rotatable bonds is 12. The number of nitrogens with one attached hydrogen (secondary N) is 1. The Bertz CT molecular complexity index is 349. The zero-order chi connectivity index (χ0) is 16.3. The van der Waals surface area contributed by atoms with Crippen molar-refractivity contribution in [3.8, 4) is 0 Å². The summed E-state index contributed by atoms with van der Waals surface area (Å²) >= 11 is 0. The highest BCUT2D eigenvalue weighted by Crippen LogP contribution is 2.07. The molecule has 0 aromatic carbocycles. The average Bonchev–Trinajstić information content (AvgIpc) is 2.34. The molecular weight excluding hydrogens is 286 g/mol.